The van der Waals surface area contributed by atoms with E-state index in [1.807, 2.05) is 6.92 Å². The summed E-state index contributed by atoms with van der Waals surface area (Å²) in [5.74, 6) is -0.254. The van der Waals surface area contributed by atoms with E-state index in [2.05, 4.69) is 18.8 Å². The number of carbonyl (C=O) groups excluding carboxylic acids is 2. The summed E-state index contributed by atoms with van der Waals surface area (Å²) in [6.45, 7) is 5.97. The van der Waals surface area contributed by atoms with Gasteiger partial charge in [0.2, 0.25) is 5.91 Å². The topological polar surface area (TPSA) is 76.3 Å². The Kier molecular flexibility index (Phi) is 4.98. The first-order valence-electron chi connectivity index (χ1n) is 7.46. The Morgan fingerprint density at radius 1 is 1.38 bits per heavy atom. The largest absolute Gasteiger partial charge is 0.368 e. The van der Waals surface area contributed by atoms with Crippen molar-refractivity contribution in [1.82, 2.24) is 9.88 Å². The van der Waals surface area contributed by atoms with Gasteiger partial charge in [-0.2, -0.15) is 0 Å². The molecule has 0 atom stereocenters. The van der Waals surface area contributed by atoms with Crippen LogP contribution in [-0.2, 0) is 4.79 Å². The Hall–Kier alpha value is -1.43. The Bertz CT molecular complexity index is 533. The van der Waals surface area contributed by atoms with Crippen LogP contribution in [0.1, 0.15) is 65.8 Å². The summed E-state index contributed by atoms with van der Waals surface area (Å²) in [4.78, 5) is 30.9. The van der Waals surface area contributed by atoms with Gasteiger partial charge < -0.3 is 10.6 Å². The summed E-state index contributed by atoms with van der Waals surface area (Å²) in [5.41, 5.74) is 6.07. The van der Waals surface area contributed by atoms with Crippen molar-refractivity contribution < 1.29 is 9.59 Å². The van der Waals surface area contributed by atoms with Crippen LogP contribution in [0, 0.1) is 6.92 Å². The van der Waals surface area contributed by atoms with E-state index in [9.17, 15) is 9.59 Å². The maximum absolute atomic E-state index is 12.8. The van der Waals surface area contributed by atoms with Crippen molar-refractivity contribution in [2.45, 2.75) is 58.4 Å². The second-order valence-electron chi connectivity index (χ2n) is 5.96. The molecule has 1 aromatic heterocycles. The van der Waals surface area contributed by atoms with Gasteiger partial charge in [-0.05, 0) is 19.8 Å². The molecule has 21 heavy (non-hydrogen) atoms. The third-order valence-corrected chi connectivity index (χ3v) is 5.30. The smallest absolute Gasteiger partial charge is 0.266 e. The molecule has 0 aromatic carbocycles. The molecule has 0 spiro atoms. The van der Waals surface area contributed by atoms with Gasteiger partial charge in [0, 0.05) is 12.0 Å². The summed E-state index contributed by atoms with van der Waals surface area (Å²) < 4.78 is 0. The molecule has 1 aromatic rings. The third-order valence-electron chi connectivity index (χ3n) is 3.85. The van der Waals surface area contributed by atoms with Crippen molar-refractivity contribution in [3.8, 4) is 0 Å². The molecule has 2 rings (SSSR count). The van der Waals surface area contributed by atoms with Gasteiger partial charge in [-0.25, -0.2) is 4.98 Å². The number of aryl methyl sites for hydroxylation is 1. The highest BCUT2D eigenvalue weighted by atomic mass is 32.1. The molecule has 1 aliphatic rings. The molecule has 1 heterocycles. The van der Waals surface area contributed by atoms with Crippen molar-refractivity contribution in [2.75, 3.05) is 6.54 Å². The number of carbonyl (C=O) groups is 2. The molecule has 5 nitrogen and oxygen atoms in total. The van der Waals surface area contributed by atoms with E-state index in [1.165, 1.54) is 11.3 Å². The number of nitrogens with two attached hydrogens (primary N) is 1. The molecule has 116 valence electrons. The van der Waals surface area contributed by atoms with Crippen LogP contribution in [-0.4, -0.2) is 34.3 Å². The Labute approximate surface area is 129 Å². The van der Waals surface area contributed by atoms with E-state index in [-0.39, 0.29) is 18.5 Å². The number of amides is 2. The molecule has 1 fully saturated rings. The van der Waals surface area contributed by atoms with Crippen molar-refractivity contribution >= 4 is 23.2 Å². The fourth-order valence-corrected chi connectivity index (χ4v) is 3.77. The van der Waals surface area contributed by atoms with Gasteiger partial charge in [0.05, 0.1) is 17.2 Å². The minimum Gasteiger partial charge on any atom is -0.368 e. The lowest BCUT2D eigenvalue weighted by Gasteiger charge is -2.27. The SMILES string of the molecule is Cc1nc(C(C)C)sc1C(=O)N(CC(N)=O)C1CCCC1. The Morgan fingerprint density at radius 2 is 2.00 bits per heavy atom. The van der Waals surface area contributed by atoms with Crippen LogP contribution in [0.15, 0.2) is 0 Å². The molecule has 0 bridgehead atoms. The number of primary amides is 1. The van der Waals surface area contributed by atoms with Crippen LogP contribution in [0.2, 0.25) is 0 Å². The molecule has 1 aliphatic carbocycles. The molecular weight excluding hydrogens is 286 g/mol. The van der Waals surface area contributed by atoms with Crippen molar-refractivity contribution in [1.29, 1.82) is 0 Å². The lowest BCUT2D eigenvalue weighted by atomic mass is 10.2. The fraction of sp³-hybridized carbons (Fsp3) is 0.667. The van der Waals surface area contributed by atoms with Gasteiger partial charge in [-0.3, -0.25) is 9.59 Å². The van der Waals surface area contributed by atoms with Gasteiger partial charge in [0.15, 0.2) is 0 Å². The number of hydrogen-bond donors (Lipinski definition) is 1. The predicted molar refractivity (Wildman–Crippen MR) is 83.4 cm³/mol. The quantitative estimate of drug-likeness (QED) is 0.907. The van der Waals surface area contributed by atoms with Crippen molar-refractivity contribution in [2.24, 2.45) is 5.73 Å². The molecule has 0 radical (unpaired) electrons. The number of nitrogens with zero attached hydrogens (tertiary/aromatic N) is 2. The Balaban J connectivity index is 2.26. The lowest BCUT2D eigenvalue weighted by Crippen LogP contribution is -2.44. The molecular formula is C15H23N3O2S. The minimum atomic E-state index is -0.457. The van der Waals surface area contributed by atoms with Gasteiger partial charge in [0.25, 0.3) is 5.91 Å². The van der Waals surface area contributed by atoms with Crippen LogP contribution in [0.3, 0.4) is 0 Å². The van der Waals surface area contributed by atoms with Crippen LogP contribution in [0.4, 0.5) is 0 Å². The number of thiazole rings is 1. The van der Waals surface area contributed by atoms with Gasteiger partial charge >= 0.3 is 0 Å². The van der Waals surface area contributed by atoms with Gasteiger partial charge in [-0.1, -0.05) is 26.7 Å². The van der Waals surface area contributed by atoms with Crippen molar-refractivity contribution in [3.05, 3.63) is 15.6 Å². The summed E-state index contributed by atoms with van der Waals surface area (Å²) in [5, 5.41) is 0.960. The standard InChI is InChI=1S/C15H23N3O2S/c1-9(2)14-17-10(3)13(21-14)15(20)18(8-12(16)19)11-6-4-5-7-11/h9,11H,4-8H2,1-3H3,(H2,16,19). The van der Waals surface area contributed by atoms with E-state index in [4.69, 9.17) is 5.73 Å². The zero-order chi connectivity index (χ0) is 15.6. The highest BCUT2D eigenvalue weighted by Crippen LogP contribution is 2.29. The van der Waals surface area contributed by atoms with Crippen LogP contribution < -0.4 is 5.73 Å². The van der Waals surface area contributed by atoms with Crippen LogP contribution >= 0.6 is 11.3 Å². The van der Waals surface area contributed by atoms with Crippen LogP contribution in [0.5, 0.6) is 0 Å². The third kappa shape index (κ3) is 3.61. The normalized spacial score (nSPS) is 15.6. The number of rotatable bonds is 5. The first kappa shape index (κ1) is 15.9. The number of aromatic nitrogens is 1. The zero-order valence-electron chi connectivity index (χ0n) is 12.9. The molecule has 0 unspecified atom stereocenters. The second kappa shape index (κ2) is 6.56. The average molecular weight is 309 g/mol. The van der Waals surface area contributed by atoms with E-state index in [1.54, 1.807) is 4.90 Å². The van der Waals surface area contributed by atoms with E-state index >= 15 is 0 Å². The van der Waals surface area contributed by atoms with Gasteiger partial charge in [-0.15, -0.1) is 11.3 Å². The van der Waals surface area contributed by atoms with E-state index < -0.39 is 5.91 Å². The highest BCUT2D eigenvalue weighted by Gasteiger charge is 2.30. The minimum absolute atomic E-state index is 0.00213. The molecule has 0 saturated heterocycles. The number of hydrogen-bond acceptors (Lipinski definition) is 4. The van der Waals surface area contributed by atoms with Crippen molar-refractivity contribution in [3.63, 3.8) is 0 Å². The predicted octanol–water partition coefficient (Wildman–Crippen LogP) is 2.45. The molecule has 2 amide bonds. The zero-order valence-corrected chi connectivity index (χ0v) is 13.7. The van der Waals surface area contributed by atoms with E-state index in [0.29, 0.717) is 10.8 Å². The molecule has 1 saturated carbocycles. The van der Waals surface area contributed by atoms with Crippen LogP contribution in [0.25, 0.3) is 0 Å². The summed E-state index contributed by atoms with van der Waals surface area (Å²) >= 11 is 1.44. The molecule has 0 aliphatic heterocycles. The summed E-state index contributed by atoms with van der Waals surface area (Å²) in [6.07, 6.45) is 4.11. The monoisotopic (exact) mass is 309 g/mol. The maximum atomic E-state index is 12.8. The first-order chi connectivity index (χ1) is 9.90. The second-order valence-corrected chi connectivity index (χ2v) is 6.99. The summed E-state index contributed by atoms with van der Waals surface area (Å²) in [7, 11) is 0. The Morgan fingerprint density at radius 3 is 2.48 bits per heavy atom. The average Bonchev–Trinajstić information content (AvgIpc) is 3.04. The lowest BCUT2D eigenvalue weighted by molar-refractivity contribution is -0.119. The highest BCUT2D eigenvalue weighted by molar-refractivity contribution is 7.13. The van der Waals surface area contributed by atoms with Gasteiger partial charge in [0.1, 0.15) is 4.88 Å². The van der Waals surface area contributed by atoms with E-state index in [0.717, 1.165) is 36.4 Å². The first-order valence-corrected chi connectivity index (χ1v) is 8.28. The molecule has 2 N–H and O–H groups in total. The fourth-order valence-electron chi connectivity index (χ4n) is 2.74. The summed E-state index contributed by atoms with van der Waals surface area (Å²) in [6, 6.07) is 0.133. The maximum Gasteiger partial charge on any atom is 0.266 e. The molecule has 6 heteroatoms.